The van der Waals surface area contributed by atoms with Crippen LogP contribution >= 0.6 is 0 Å². The van der Waals surface area contributed by atoms with E-state index in [1.807, 2.05) is 24.4 Å². The van der Waals surface area contributed by atoms with Gasteiger partial charge in [0.15, 0.2) is 5.76 Å². The molecule has 0 saturated carbocycles. The van der Waals surface area contributed by atoms with E-state index in [0.29, 0.717) is 41.5 Å². The zero-order valence-corrected chi connectivity index (χ0v) is 21.5. The highest BCUT2D eigenvalue weighted by atomic mass is 16.3. The van der Waals surface area contributed by atoms with Crippen LogP contribution in [0.2, 0.25) is 0 Å². The molecule has 3 aromatic heterocycles. The zero-order valence-electron chi connectivity index (χ0n) is 21.5. The monoisotopic (exact) mass is 508 g/mol. The molecule has 7 rings (SSSR count). The van der Waals surface area contributed by atoms with Crippen LogP contribution in [0.15, 0.2) is 59.5 Å². The summed E-state index contributed by atoms with van der Waals surface area (Å²) in [6, 6.07) is 12.6. The van der Waals surface area contributed by atoms with Crippen molar-refractivity contribution >= 4 is 5.91 Å². The molecular formula is C30H32N6O2. The van der Waals surface area contributed by atoms with Gasteiger partial charge in [0.25, 0.3) is 11.9 Å². The average molecular weight is 509 g/mol. The summed E-state index contributed by atoms with van der Waals surface area (Å²) in [5.74, 6) is 1.33. The summed E-state index contributed by atoms with van der Waals surface area (Å²) in [6.07, 6.45) is 13.2. The van der Waals surface area contributed by atoms with Crippen LogP contribution in [0.25, 0.3) is 28.7 Å². The van der Waals surface area contributed by atoms with E-state index in [2.05, 4.69) is 38.5 Å². The van der Waals surface area contributed by atoms with Crippen molar-refractivity contribution in [3.05, 3.63) is 71.7 Å². The quantitative estimate of drug-likeness (QED) is 0.421. The second-order valence-electron chi connectivity index (χ2n) is 10.7. The first-order valence-electron chi connectivity index (χ1n) is 13.8. The molecule has 2 aliphatic heterocycles. The third-order valence-electron chi connectivity index (χ3n) is 8.50. The fourth-order valence-corrected chi connectivity index (χ4v) is 6.61. The van der Waals surface area contributed by atoms with Crippen molar-refractivity contribution in [2.24, 2.45) is 5.92 Å². The van der Waals surface area contributed by atoms with E-state index < -0.39 is 0 Å². The molecule has 1 aliphatic carbocycles. The maximum absolute atomic E-state index is 13.5. The minimum Gasteiger partial charge on any atom is -0.463 e. The van der Waals surface area contributed by atoms with Gasteiger partial charge >= 0.3 is 0 Å². The number of piperidine rings is 2. The van der Waals surface area contributed by atoms with Crippen LogP contribution < -0.4 is 5.32 Å². The van der Waals surface area contributed by atoms with E-state index in [0.717, 1.165) is 36.1 Å². The Morgan fingerprint density at radius 1 is 1.00 bits per heavy atom. The van der Waals surface area contributed by atoms with Crippen molar-refractivity contribution in [3.8, 4) is 28.7 Å². The molecule has 2 saturated heterocycles. The van der Waals surface area contributed by atoms with E-state index >= 15 is 0 Å². The number of hydrogen-bond acceptors (Lipinski definition) is 6. The lowest BCUT2D eigenvalue weighted by Crippen LogP contribution is -2.51. The molecule has 1 N–H and O–H groups in total. The molecule has 194 valence electrons. The van der Waals surface area contributed by atoms with E-state index in [1.54, 1.807) is 17.1 Å². The van der Waals surface area contributed by atoms with Gasteiger partial charge in [0.2, 0.25) is 0 Å². The van der Waals surface area contributed by atoms with Crippen molar-refractivity contribution in [3.63, 3.8) is 0 Å². The average Bonchev–Trinajstić information content (AvgIpc) is 3.66. The molecule has 8 heteroatoms. The number of carbonyl (C=O) groups is 1. The highest BCUT2D eigenvalue weighted by molar-refractivity contribution is 5.99. The standard InChI is InChI=1S/C30H32N6O2/c37-29(31-17-21-8-5-15-35-14-4-3-10-25(21)35)24-19-33-36(28(24)26-11-6-16-38-26)30-32-18-22-13-12-20-7-1-2-9-23(20)27(22)34-30/h1-2,6-7,9,11,16,18-19,21,25H,3-5,8,10,12-15,17H2,(H,31,37)/t21-,25+/m0/s1. The van der Waals surface area contributed by atoms with Crippen LogP contribution in [-0.4, -0.2) is 56.2 Å². The molecule has 3 aliphatic rings. The summed E-state index contributed by atoms with van der Waals surface area (Å²) in [5, 5.41) is 7.82. The highest BCUT2D eigenvalue weighted by Gasteiger charge is 2.33. The van der Waals surface area contributed by atoms with E-state index in [4.69, 9.17) is 9.40 Å². The van der Waals surface area contributed by atoms with Crippen molar-refractivity contribution in [1.29, 1.82) is 0 Å². The van der Waals surface area contributed by atoms with Crippen LogP contribution in [0.4, 0.5) is 0 Å². The lowest BCUT2D eigenvalue weighted by Gasteiger charge is -2.44. The Labute approximate surface area is 222 Å². The summed E-state index contributed by atoms with van der Waals surface area (Å²) in [7, 11) is 0. The lowest BCUT2D eigenvalue weighted by molar-refractivity contribution is 0.0576. The van der Waals surface area contributed by atoms with Gasteiger partial charge in [-0.1, -0.05) is 30.7 Å². The number of fused-ring (bicyclic) bond motifs is 4. The fourth-order valence-electron chi connectivity index (χ4n) is 6.61. The fraction of sp³-hybridized carbons (Fsp3) is 0.400. The van der Waals surface area contributed by atoms with Gasteiger partial charge in [0.1, 0.15) is 5.69 Å². The summed E-state index contributed by atoms with van der Waals surface area (Å²) >= 11 is 0. The summed E-state index contributed by atoms with van der Waals surface area (Å²) in [6.45, 7) is 3.06. The Bertz CT molecular complexity index is 1460. The van der Waals surface area contributed by atoms with Gasteiger partial charge < -0.3 is 14.6 Å². The molecule has 38 heavy (non-hydrogen) atoms. The van der Waals surface area contributed by atoms with Gasteiger partial charge in [0.05, 0.1) is 23.7 Å². The van der Waals surface area contributed by atoms with E-state index in [1.165, 1.54) is 44.3 Å². The Morgan fingerprint density at radius 3 is 2.82 bits per heavy atom. The first kappa shape index (κ1) is 23.3. The first-order valence-corrected chi connectivity index (χ1v) is 13.8. The third kappa shape index (κ3) is 4.13. The molecular weight excluding hydrogens is 476 g/mol. The first-order chi connectivity index (χ1) is 18.8. The van der Waals surface area contributed by atoms with E-state index in [-0.39, 0.29) is 5.91 Å². The highest BCUT2D eigenvalue weighted by Crippen LogP contribution is 2.34. The van der Waals surface area contributed by atoms with Gasteiger partial charge in [-0.2, -0.15) is 9.78 Å². The van der Waals surface area contributed by atoms with Crippen LogP contribution in [-0.2, 0) is 12.8 Å². The van der Waals surface area contributed by atoms with Crippen LogP contribution in [0.5, 0.6) is 0 Å². The van der Waals surface area contributed by atoms with Crippen LogP contribution in [0.3, 0.4) is 0 Å². The van der Waals surface area contributed by atoms with Crippen LogP contribution in [0, 0.1) is 5.92 Å². The van der Waals surface area contributed by atoms with Crippen molar-refractivity contribution in [2.75, 3.05) is 19.6 Å². The number of nitrogens with one attached hydrogen (secondary N) is 1. The second kappa shape index (κ2) is 9.83. The zero-order chi connectivity index (χ0) is 25.5. The minimum atomic E-state index is -0.140. The molecule has 1 aromatic carbocycles. The maximum atomic E-state index is 13.5. The number of furan rings is 1. The molecule has 1 amide bonds. The third-order valence-corrected chi connectivity index (χ3v) is 8.50. The van der Waals surface area contributed by atoms with Gasteiger partial charge in [0, 0.05) is 24.3 Å². The summed E-state index contributed by atoms with van der Waals surface area (Å²) in [5.41, 5.74) is 5.51. The number of hydrogen-bond donors (Lipinski definition) is 1. The number of nitrogens with zero attached hydrogens (tertiary/aromatic N) is 5. The summed E-state index contributed by atoms with van der Waals surface area (Å²) < 4.78 is 7.40. The Hall–Kier alpha value is -3.78. The molecule has 5 heterocycles. The van der Waals surface area contributed by atoms with Crippen molar-refractivity contribution in [2.45, 2.75) is 51.0 Å². The van der Waals surface area contributed by atoms with Crippen LogP contribution in [0.1, 0.15) is 53.6 Å². The van der Waals surface area contributed by atoms with Gasteiger partial charge in [-0.3, -0.25) is 4.79 Å². The number of rotatable bonds is 5. The van der Waals surface area contributed by atoms with Crippen molar-refractivity contribution < 1.29 is 9.21 Å². The van der Waals surface area contributed by atoms with E-state index in [9.17, 15) is 4.79 Å². The lowest BCUT2D eigenvalue weighted by atomic mass is 9.83. The molecule has 0 spiro atoms. The van der Waals surface area contributed by atoms with Gasteiger partial charge in [-0.05, 0) is 80.8 Å². The number of aryl methyl sites for hydroxylation is 2. The largest absolute Gasteiger partial charge is 0.463 e. The second-order valence-corrected chi connectivity index (χ2v) is 10.7. The smallest absolute Gasteiger partial charge is 0.255 e. The Kier molecular flexibility index (Phi) is 6.04. The molecule has 4 aromatic rings. The van der Waals surface area contributed by atoms with Crippen molar-refractivity contribution in [1.82, 2.24) is 30.0 Å². The number of amides is 1. The summed E-state index contributed by atoms with van der Waals surface area (Å²) in [4.78, 5) is 25.8. The number of aromatic nitrogens is 4. The van der Waals surface area contributed by atoms with Gasteiger partial charge in [-0.15, -0.1) is 0 Å². The normalized spacial score (nSPS) is 20.8. The minimum absolute atomic E-state index is 0.140. The number of benzene rings is 1. The molecule has 0 bridgehead atoms. The SMILES string of the molecule is O=C(NC[C@@H]1CCCN2CCCC[C@H]12)c1cnn(-c2ncc3c(n2)-c2ccccc2CC3)c1-c1ccco1. The molecule has 8 nitrogen and oxygen atoms in total. The van der Waals surface area contributed by atoms with Gasteiger partial charge in [-0.25, -0.2) is 9.97 Å². The topological polar surface area (TPSA) is 89.1 Å². The molecule has 0 unspecified atom stereocenters. The predicted octanol–water partition coefficient (Wildman–Crippen LogP) is 4.68. The molecule has 0 radical (unpaired) electrons. The Morgan fingerprint density at radius 2 is 1.89 bits per heavy atom. The molecule has 2 atom stereocenters. The Balaban J connectivity index is 1.20. The molecule has 2 fully saturated rings. The maximum Gasteiger partial charge on any atom is 0.255 e. The number of carbonyl (C=O) groups excluding carboxylic acids is 1. The predicted molar refractivity (Wildman–Crippen MR) is 144 cm³/mol.